The van der Waals surface area contributed by atoms with Crippen LogP contribution in [0.2, 0.25) is 0 Å². The number of anilines is 1. The van der Waals surface area contributed by atoms with Crippen molar-refractivity contribution in [2.75, 3.05) is 5.32 Å². The first-order valence-electron chi connectivity index (χ1n) is 9.66. The first-order chi connectivity index (χ1) is 15.0. The molecule has 1 fully saturated rings. The second kappa shape index (κ2) is 9.72. The molecular weight excluding hydrogens is 459 g/mol. The fourth-order valence-corrected chi connectivity index (χ4v) is 3.63. The Morgan fingerprint density at radius 2 is 1.88 bits per heavy atom. The quantitative estimate of drug-likeness (QED) is 0.206. The lowest BCUT2D eigenvalue weighted by Gasteiger charge is -2.30. The number of nitrogens with one attached hydrogen (secondary N) is 4. The van der Waals surface area contributed by atoms with E-state index in [2.05, 4.69) is 15.6 Å². The van der Waals surface area contributed by atoms with Gasteiger partial charge >= 0.3 is 6.30 Å². The zero-order chi connectivity index (χ0) is 23.5. The first kappa shape index (κ1) is 23.8. The molecule has 174 valence electrons. The van der Waals surface area contributed by atoms with Gasteiger partial charge in [-0.3, -0.25) is 14.6 Å². The van der Waals surface area contributed by atoms with Crippen LogP contribution < -0.4 is 16.0 Å². The molecule has 4 N–H and O–H groups in total. The summed E-state index contributed by atoms with van der Waals surface area (Å²) < 4.78 is 64.4. The molecule has 0 saturated heterocycles. The standard InChI is InChI=1S/C19H20ClF5N6O/c20-16(26)12(8-27-19(23,24)25)18(32)29-11-6-4-10(5-7-11)28-14-2-1-3-15-30-13(17(21)22)9-31(14)15/h1-3,8-11,17,26-28H,4-7H2,(H,29,32)/b12-8+,26-16?. The number of imidazole rings is 1. The maximum atomic E-state index is 12.9. The summed E-state index contributed by atoms with van der Waals surface area (Å²) in [5.41, 5.74) is -0.549. The maximum Gasteiger partial charge on any atom is 0.481 e. The van der Waals surface area contributed by atoms with Crippen molar-refractivity contribution in [3.8, 4) is 0 Å². The van der Waals surface area contributed by atoms with E-state index in [1.54, 1.807) is 22.6 Å². The normalized spacial score (nSPS) is 19.8. The number of hydrogen-bond donors (Lipinski definition) is 4. The lowest BCUT2D eigenvalue weighted by Crippen LogP contribution is -2.42. The molecule has 0 aliphatic heterocycles. The van der Waals surface area contributed by atoms with E-state index >= 15 is 0 Å². The number of alkyl halides is 5. The molecule has 0 radical (unpaired) electrons. The van der Waals surface area contributed by atoms with Crippen LogP contribution in [0.25, 0.3) is 5.65 Å². The zero-order valence-corrected chi connectivity index (χ0v) is 17.3. The third kappa shape index (κ3) is 6.09. The van der Waals surface area contributed by atoms with Crippen LogP contribution >= 0.6 is 11.6 Å². The highest BCUT2D eigenvalue weighted by molar-refractivity contribution is 6.71. The molecule has 0 spiro atoms. The number of nitrogens with zero attached hydrogens (tertiary/aromatic N) is 2. The largest absolute Gasteiger partial charge is 0.481 e. The maximum absolute atomic E-state index is 12.9. The zero-order valence-electron chi connectivity index (χ0n) is 16.5. The number of halogens is 6. The topological polar surface area (TPSA) is 94.3 Å². The molecule has 1 saturated carbocycles. The Morgan fingerprint density at radius 1 is 1.22 bits per heavy atom. The highest BCUT2D eigenvalue weighted by Crippen LogP contribution is 2.25. The fraction of sp³-hybridized carbons (Fsp3) is 0.421. The van der Waals surface area contributed by atoms with Crippen LogP contribution in [0.1, 0.15) is 37.8 Å². The van der Waals surface area contributed by atoms with Crippen LogP contribution in [0, 0.1) is 5.41 Å². The van der Waals surface area contributed by atoms with Crippen LogP contribution in [0.15, 0.2) is 36.2 Å². The Kier molecular flexibility index (Phi) is 7.22. The van der Waals surface area contributed by atoms with Gasteiger partial charge in [-0.05, 0) is 37.8 Å². The smallest absolute Gasteiger partial charge is 0.368 e. The predicted molar refractivity (Wildman–Crippen MR) is 109 cm³/mol. The lowest BCUT2D eigenvalue weighted by molar-refractivity contribution is -0.146. The molecule has 0 unspecified atom stereocenters. The average molecular weight is 479 g/mol. The molecule has 2 aromatic rings. The Hall–Kier alpha value is -2.89. The molecule has 32 heavy (non-hydrogen) atoms. The number of carbonyl (C=O) groups excluding carboxylic acids is 1. The van der Waals surface area contributed by atoms with E-state index < -0.39 is 29.4 Å². The molecule has 1 aliphatic rings. The highest BCUT2D eigenvalue weighted by Gasteiger charge is 2.28. The number of hydrogen-bond acceptors (Lipinski definition) is 5. The second-order valence-electron chi connectivity index (χ2n) is 7.29. The Balaban J connectivity index is 1.58. The van der Waals surface area contributed by atoms with Gasteiger partial charge in [0.25, 0.3) is 12.3 Å². The number of fused-ring (bicyclic) bond motifs is 1. The van der Waals surface area contributed by atoms with Crippen LogP contribution in [0.5, 0.6) is 0 Å². The molecule has 7 nitrogen and oxygen atoms in total. The molecule has 2 aromatic heterocycles. The number of aromatic nitrogens is 2. The summed E-state index contributed by atoms with van der Waals surface area (Å²) in [5.74, 6) is -0.269. The van der Waals surface area contributed by atoms with E-state index in [4.69, 9.17) is 17.0 Å². The van der Waals surface area contributed by atoms with Crippen molar-refractivity contribution in [3.63, 3.8) is 0 Å². The SMILES string of the molecule is N=C(Cl)/C(=C\NC(F)(F)F)C(=O)NC1CCC(Nc2cccc3nc(C(F)F)cn23)CC1. The minimum Gasteiger partial charge on any atom is -0.368 e. The van der Waals surface area contributed by atoms with E-state index in [9.17, 15) is 26.7 Å². The number of amides is 1. The van der Waals surface area contributed by atoms with Crippen molar-refractivity contribution < 1.29 is 26.7 Å². The fourth-order valence-electron chi connectivity index (χ4n) is 3.49. The van der Waals surface area contributed by atoms with Gasteiger partial charge in [-0.25, -0.2) is 13.8 Å². The molecule has 0 aromatic carbocycles. The molecule has 0 bridgehead atoms. The monoisotopic (exact) mass is 478 g/mol. The van der Waals surface area contributed by atoms with Crippen LogP contribution in [-0.4, -0.2) is 38.8 Å². The Labute approximate surface area is 184 Å². The van der Waals surface area contributed by atoms with Gasteiger partial charge in [-0.1, -0.05) is 17.7 Å². The van der Waals surface area contributed by atoms with Crippen molar-refractivity contribution in [2.45, 2.75) is 50.5 Å². The number of carbonyl (C=O) groups is 1. The summed E-state index contributed by atoms with van der Waals surface area (Å²) in [6, 6.07) is 4.76. The minimum atomic E-state index is -4.75. The molecule has 0 atom stereocenters. The summed E-state index contributed by atoms with van der Waals surface area (Å²) in [6.07, 6.45) is -3.50. The van der Waals surface area contributed by atoms with Gasteiger partial charge in [0, 0.05) is 24.5 Å². The lowest BCUT2D eigenvalue weighted by atomic mass is 9.91. The Bertz CT molecular complexity index is 1010. The summed E-state index contributed by atoms with van der Waals surface area (Å²) in [7, 11) is 0. The molecule has 3 rings (SSSR count). The van der Waals surface area contributed by atoms with Crippen LogP contribution in [-0.2, 0) is 4.79 Å². The van der Waals surface area contributed by atoms with E-state index in [1.165, 1.54) is 6.20 Å². The molecule has 13 heteroatoms. The van der Waals surface area contributed by atoms with Gasteiger partial charge in [0.05, 0.1) is 5.57 Å². The highest BCUT2D eigenvalue weighted by atomic mass is 35.5. The summed E-state index contributed by atoms with van der Waals surface area (Å²) in [4.78, 5) is 16.1. The Morgan fingerprint density at radius 3 is 2.47 bits per heavy atom. The molecule has 1 aliphatic carbocycles. The van der Waals surface area contributed by atoms with E-state index in [-0.39, 0.29) is 17.8 Å². The third-order valence-electron chi connectivity index (χ3n) is 5.01. The van der Waals surface area contributed by atoms with Gasteiger partial charge in [0.1, 0.15) is 22.3 Å². The summed E-state index contributed by atoms with van der Waals surface area (Å²) in [5, 5.41) is 13.5. The van der Waals surface area contributed by atoms with Gasteiger partial charge in [-0.15, -0.1) is 0 Å². The van der Waals surface area contributed by atoms with E-state index in [0.717, 1.165) is 5.32 Å². The second-order valence-corrected chi connectivity index (χ2v) is 7.66. The average Bonchev–Trinajstić information content (AvgIpc) is 3.14. The van der Waals surface area contributed by atoms with Crippen molar-refractivity contribution in [1.82, 2.24) is 20.0 Å². The van der Waals surface area contributed by atoms with Crippen molar-refractivity contribution in [3.05, 3.63) is 41.9 Å². The van der Waals surface area contributed by atoms with Gasteiger partial charge in [0.15, 0.2) is 0 Å². The first-order valence-corrected chi connectivity index (χ1v) is 10.0. The third-order valence-corrected chi connectivity index (χ3v) is 5.21. The van der Waals surface area contributed by atoms with E-state index in [1.807, 2.05) is 0 Å². The van der Waals surface area contributed by atoms with Crippen molar-refractivity contribution >= 4 is 34.1 Å². The summed E-state index contributed by atoms with van der Waals surface area (Å²) in [6.45, 7) is 0. The van der Waals surface area contributed by atoms with Gasteiger partial charge < -0.3 is 16.0 Å². The van der Waals surface area contributed by atoms with Gasteiger partial charge in [-0.2, -0.15) is 13.2 Å². The van der Waals surface area contributed by atoms with Crippen LogP contribution in [0.4, 0.5) is 27.8 Å². The van der Waals surface area contributed by atoms with E-state index in [0.29, 0.717) is 43.3 Å². The number of pyridine rings is 1. The molecule has 1 amide bonds. The number of rotatable bonds is 7. The van der Waals surface area contributed by atoms with Gasteiger partial charge in [0.2, 0.25) is 0 Å². The molecular formula is C19H20ClF5N6O. The van der Waals surface area contributed by atoms with Crippen molar-refractivity contribution in [2.24, 2.45) is 0 Å². The molecule has 2 heterocycles. The van der Waals surface area contributed by atoms with Crippen LogP contribution in [0.3, 0.4) is 0 Å². The van der Waals surface area contributed by atoms with Crippen molar-refractivity contribution in [1.29, 1.82) is 5.41 Å². The minimum absolute atomic E-state index is 0.000568. The predicted octanol–water partition coefficient (Wildman–Crippen LogP) is 4.32. The summed E-state index contributed by atoms with van der Waals surface area (Å²) >= 11 is 5.45.